The van der Waals surface area contributed by atoms with Crippen LogP contribution in [0.3, 0.4) is 0 Å². The van der Waals surface area contributed by atoms with E-state index in [0.717, 1.165) is 48.4 Å². The van der Waals surface area contributed by atoms with Crippen molar-refractivity contribution in [1.29, 1.82) is 0 Å². The van der Waals surface area contributed by atoms with E-state index < -0.39 is 0 Å². The quantitative estimate of drug-likeness (QED) is 0.801. The number of nitrogens with one attached hydrogen (secondary N) is 2. The number of methoxy groups -OCH3 is 1. The Labute approximate surface area is 165 Å². The standard InChI is InChI=1S/C22H27N3O3/c1-3-21(26)25-14-4-5-17-8-9-18(15-20(17)25)24-22(27)23-13-12-16-6-10-19(28-2)11-7-16/h6-11,15H,3-5,12-14H2,1-2H3,(H2,23,24,27). The number of fused-ring (bicyclic) bond motifs is 1. The molecular formula is C22H27N3O3. The molecule has 1 aliphatic rings. The molecule has 0 spiro atoms. The van der Waals surface area contributed by atoms with Crippen molar-refractivity contribution in [3.05, 3.63) is 53.6 Å². The molecule has 28 heavy (non-hydrogen) atoms. The van der Waals surface area contributed by atoms with E-state index in [1.807, 2.05) is 54.3 Å². The highest BCUT2D eigenvalue weighted by Crippen LogP contribution is 2.30. The number of carbonyl (C=O) groups excluding carboxylic acids is 2. The number of benzene rings is 2. The van der Waals surface area contributed by atoms with Gasteiger partial charge in [-0.25, -0.2) is 4.79 Å². The number of anilines is 2. The summed E-state index contributed by atoms with van der Waals surface area (Å²) in [7, 11) is 1.64. The molecule has 6 heteroatoms. The van der Waals surface area contributed by atoms with Gasteiger partial charge in [-0.05, 0) is 54.7 Å². The summed E-state index contributed by atoms with van der Waals surface area (Å²) in [5.74, 6) is 0.930. The van der Waals surface area contributed by atoms with Crippen LogP contribution < -0.4 is 20.3 Å². The van der Waals surface area contributed by atoms with E-state index in [1.54, 1.807) is 7.11 Å². The second kappa shape index (κ2) is 9.26. The second-order valence-electron chi connectivity index (χ2n) is 6.82. The lowest BCUT2D eigenvalue weighted by molar-refractivity contribution is -0.118. The van der Waals surface area contributed by atoms with Gasteiger partial charge in [0.2, 0.25) is 5.91 Å². The maximum absolute atomic E-state index is 12.2. The first-order chi connectivity index (χ1) is 13.6. The Balaban J connectivity index is 1.56. The number of nitrogens with zero attached hydrogens (tertiary/aromatic N) is 1. The van der Waals surface area contributed by atoms with E-state index in [4.69, 9.17) is 4.74 Å². The summed E-state index contributed by atoms with van der Waals surface area (Å²) >= 11 is 0. The topological polar surface area (TPSA) is 70.7 Å². The SMILES string of the molecule is CCC(=O)N1CCCc2ccc(NC(=O)NCCc3ccc(OC)cc3)cc21. The summed E-state index contributed by atoms with van der Waals surface area (Å²) in [5.41, 5.74) is 3.88. The number of aryl methyl sites for hydroxylation is 1. The van der Waals surface area contributed by atoms with Crippen LogP contribution in [0.25, 0.3) is 0 Å². The molecule has 0 bridgehead atoms. The maximum Gasteiger partial charge on any atom is 0.319 e. The van der Waals surface area contributed by atoms with E-state index in [2.05, 4.69) is 10.6 Å². The molecule has 0 fully saturated rings. The molecule has 0 atom stereocenters. The molecule has 0 saturated carbocycles. The number of urea groups is 1. The zero-order valence-corrected chi connectivity index (χ0v) is 16.5. The van der Waals surface area contributed by atoms with Crippen LogP contribution in [-0.4, -0.2) is 32.1 Å². The summed E-state index contributed by atoms with van der Waals surface area (Å²) in [4.78, 5) is 26.2. The van der Waals surface area contributed by atoms with Crippen molar-refractivity contribution in [2.75, 3.05) is 30.4 Å². The number of amides is 3. The van der Waals surface area contributed by atoms with Gasteiger partial charge in [-0.3, -0.25) is 4.79 Å². The third-order valence-corrected chi connectivity index (χ3v) is 4.92. The summed E-state index contributed by atoms with van der Waals surface area (Å²) < 4.78 is 5.14. The van der Waals surface area contributed by atoms with Crippen molar-refractivity contribution in [3.63, 3.8) is 0 Å². The number of ether oxygens (including phenoxy) is 1. The van der Waals surface area contributed by atoms with Crippen molar-refractivity contribution in [1.82, 2.24) is 5.32 Å². The minimum Gasteiger partial charge on any atom is -0.497 e. The molecule has 3 amide bonds. The third-order valence-electron chi connectivity index (χ3n) is 4.92. The van der Waals surface area contributed by atoms with Gasteiger partial charge < -0.3 is 20.3 Å². The van der Waals surface area contributed by atoms with Crippen LogP contribution >= 0.6 is 0 Å². The molecule has 2 aromatic carbocycles. The van der Waals surface area contributed by atoms with Crippen LogP contribution in [0.5, 0.6) is 5.75 Å². The average Bonchev–Trinajstić information content (AvgIpc) is 2.73. The minimum atomic E-state index is -0.252. The molecular weight excluding hydrogens is 354 g/mol. The van der Waals surface area contributed by atoms with Crippen LogP contribution in [0.1, 0.15) is 30.9 Å². The summed E-state index contributed by atoms with van der Waals surface area (Å²) in [6.07, 6.45) is 3.14. The predicted octanol–water partition coefficient (Wildman–Crippen LogP) is 3.75. The summed E-state index contributed by atoms with van der Waals surface area (Å²) in [5, 5.41) is 5.74. The van der Waals surface area contributed by atoms with Crippen LogP contribution in [0.15, 0.2) is 42.5 Å². The van der Waals surface area contributed by atoms with E-state index in [0.29, 0.717) is 18.7 Å². The monoisotopic (exact) mass is 381 g/mol. The highest BCUT2D eigenvalue weighted by molar-refractivity contribution is 5.96. The van der Waals surface area contributed by atoms with Crippen LogP contribution in [0.4, 0.5) is 16.2 Å². The van der Waals surface area contributed by atoms with Crippen LogP contribution in [0, 0.1) is 0 Å². The molecule has 1 heterocycles. The molecule has 1 aliphatic heterocycles. The lowest BCUT2D eigenvalue weighted by Crippen LogP contribution is -2.35. The number of rotatable bonds is 6. The molecule has 3 rings (SSSR count). The Bertz CT molecular complexity index is 833. The Morgan fingerprint density at radius 3 is 2.64 bits per heavy atom. The van der Waals surface area contributed by atoms with Gasteiger partial charge >= 0.3 is 6.03 Å². The molecule has 2 aromatic rings. The molecule has 0 unspecified atom stereocenters. The van der Waals surface area contributed by atoms with E-state index in [-0.39, 0.29) is 11.9 Å². The van der Waals surface area contributed by atoms with Crippen molar-refractivity contribution in [2.24, 2.45) is 0 Å². The smallest absolute Gasteiger partial charge is 0.319 e. The molecule has 0 radical (unpaired) electrons. The molecule has 0 aliphatic carbocycles. The van der Waals surface area contributed by atoms with E-state index in [9.17, 15) is 9.59 Å². The first-order valence-corrected chi connectivity index (χ1v) is 9.71. The maximum atomic E-state index is 12.2. The Morgan fingerprint density at radius 2 is 1.93 bits per heavy atom. The molecule has 2 N–H and O–H groups in total. The Kier molecular flexibility index (Phi) is 6.53. The van der Waals surface area contributed by atoms with Crippen LogP contribution in [0.2, 0.25) is 0 Å². The molecule has 0 saturated heterocycles. The Hall–Kier alpha value is -3.02. The second-order valence-corrected chi connectivity index (χ2v) is 6.82. The average molecular weight is 381 g/mol. The van der Waals surface area contributed by atoms with Gasteiger partial charge in [0.1, 0.15) is 5.75 Å². The zero-order chi connectivity index (χ0) is 19.9. The van der Waals surface area contributed by atoms with Gasteiger partial charge in [-0.15, -0.1) is 0 Å². The molecule has 148 valence electrons. The number of hydrogen-bond acceptors (Lipinski definition) is 3. The van der Waals surface area contributed by atoms with Crippen molar-refractivity contribution in [2.45, 2.75) is 32.6 Å². The zero-order valence-electron chi connectivity index (χ0n) is 16.5. The van der Waals surface area contributed by atoms with E-state index in [1.165, 1.54) is 0 Å². The largest absolute Gasteiger partial charge is 0.497 e. The van der Waals surface area contributed by atoms with Gasteiger partial charge in [0.25, 0.3) is 0 Å². The number of carbonyl (C=O) groups is 2. The fourth-order valence-electron chi connectivity index (χ4n) is 3.39. The van der Waals surface area contributed by atoms with Gasteiger partial charge in [-0.2, -0.15) is 0 Å². The first kappa shape index (κ1) is 19.7. The van der Waals surface area contributed by atoms with E-state index >= 15 is 0 Å². The normalized spacial score (nSPS) is 12.9. The van der Waals surface area contributed by atoms with Crippen molar-refractivity contribution >= 4 is 23.3 Å². The summed E-state index contributed by atoms with van der Waals surface area (Å²) in [6, 6.07) is 13.3. The van der Waals surface area contributed by atoms with Crippen LogP contribution in [-0.2, 0) is 17.6 Å². The molecule has 0 aromatic heterocycles. The third kappa shape index (κ3) is 4.82. The number of hydrogen-bond donors (Lipinski definition) is 2. The van der Waals surface area contributed by atoms with Gasteiger partial charge in [-0.1, -0.05) is 25.1 Å². The minimum absolute atomic E-state index is 0.113. The van der Waals surface area contributed by atoms with Crippen molar-refractivity contribution < 1.29 is 14.3 Å². The van der Waals surface area contributed by atoms with Gasteiger partial charge in [0.15, 0.2) is 0 Å². The lowest BCUT2D eigenvalue weighted by atomic mass is 10.0. The lowest BCUT2D eigenvalue weighted by Gasteiger charge is -2.29. The highest BCUT2D eigenvalue weighted by atomic mass is 16.5. The fraction of sp³-hybridized carbons (Fsp3) is 0.364. The predicted molar refractivity (Wildman–Crippen MR) is 111 cm³/mol. The summed E-state index contributed by atoms with van der Waals surface area (Å²) in [6.45, 7) is 3.13. The highest BCUT2D eigenvalue weighted by Gasteiger charge is 2.21. The Morgan fingerprint density at radius 1 is 1.14 bits per heavy atom. The van der Waals surface area contributed by atoms with Crippen molar-refractivity contribution in [3.8, 4) is 5.75 Å². The fourth-order valence-corrected chi connectivity index (χ4v) is 3.39. The van der Waals surface area contributed by atoms with Gasteiger partial charge in [0, 0.05) is 30.9 Å². The van der Waals surface area contributed by atoms with Gasteiger partial charge in [0.05, 0.1) is 7.11 Å². The first-order valence-electron chi connectivity index (χ1n) is 9.71. The molecule has 6 nitrogen and oxygen atoms in total.